The van der Waals surface area contributed by atoms with Crippen molar-refractivity contribution < 1.29 is 9.53 Å². The van der Waals surface area contributed by atoms with Crippen molar-refractivity contribution in [3.63, 3.8) is 0 Å². The van der Waals surface area contributed by atoms with Crippen LogP contribution in [0, 0.1) is 6.92 Å². The normalized spacial score (nSPS) is 12.0. The molecule has 0 saturated heterocycles. The summed E-state index contributed by atoms with van der Waals surface area (Å²) in [6, 6.07) is 17.5. The second-order valence-corrected chi connectivity index (χ2v) is 7.34. The second kappa shape index (κ2) is 8.23. The zero-order valence-corrected chi connectivity index (χ0v) is 16.0. The number of thioether (sulfide) groups is 1. The van der Waals surface area contributed by atoms with Crippen molar-refractivity contribution in [1.82, 2.24) is 4.98 Å². The number of carbonyl (C=O) groups is 1. The highest BCUT2D eigenvalue weighted by Crippen LogP contribution is 2.29. The average Bonchev–Trinajstić information content (AvgIpc) is 2.63. The molecule has 0 bridgehead atoms. The van der Waals surface area contributed by atoms with Crippen molar-refractivity contribution in [3.05, 3.63) is 60.2 Å². The average molecular weight is 366 g/mol. The first-order valence-electron chi connectivity index (χ1n) is 8.63. The maximum atomic E-state index is 12.4. The van der Waals surface area contributed by atoms with Crippen molar-refractivity contribution in [2.75, 3.05) is 11.9 Å². The molecule has 3 aromatic rings. The molecule has 0 unspecified atom stereocenters. The van der Waals surface area contributed by atoms with Crippen LogP contribution >= 0.6 is 11.8 Å². The van der Waals surface area contributed by atoms with Gasteiger partial charge in [0.1, 0.15) is 10.8 Å². The molecule has 26 heavy (non-hydrogen) atoms. The SMILES string of the molecule is CCOc1ccc2nc(S[C@@H](C)C(=O)Nc3ccccc3)c(C)cc2c1. The molecule has 0 aliphatic heterocycles. The Bertz CT molecular complexity index is 913. The Morgan fingerprint density at radius 3 is 2.69 bits per heavy atom. The van der Waals surface area contributed by atoms with E-state index < -0.39 is 0 Å². The minimum Gasteiger partial charge on any atom is -0.494 e. The number of para-hydroxylation sites is 1. The summed E-state index contributed by atoms with van der Waals surface area (Å²) in [5.74, 6) is 0.811. The predicted molar refractivity (Wildman–Crippen MR) is 108 cm³/mol. The molecule has 0 aliphatic carbocycles. The van der Waals surface area contributed by atoms with Crippen molar-refractivity contribution >= 4 is 34.3 Å². The summed E-state index contributed by atoms with van der Waals surface area (Å²) in [5, 5.41) is 4.60. The number of pyridine rings is 1. The van der Waals surface area contributed by atoms with E-state index in [-0.39, 0.29) is 11.2 Å². The molecule has 3 rings (SSSR count). The van der Waals surface area contributed by atoms with Gasteiger partial charge in [-0.15, -0.1) is 0 Å². The highest BCUT2D eigenvalue weighted by molar-refractivity contribution is 8.00. The molecule has 0 radical (unpaired) electrons. The number of benzene rings is 2. The highest BCUT2D eigenvalue weighted by atomic mass is 32.2. The van der Waals surface area contributed by atoms with E-state index in [1.165, 1.54) is 11.8 Å². The summed E-state index contributed by atoms with van der Waals surface area (Å²) >= 11 is 1.47. The summed E-state index contributed by atoms with van der Waals surface area (Å²) in [5.41, 5.74) is 2.75. The molecule has 1 aromatic heterocycles. The first-order chi connectivity index (χ1) is 12.6. The lowest BCUT2D eigenvalue weighted by atomic mass is 10.1. The fourth-order valence-corrected chi connectivity index (χ4v) is 3.50. The first-order valence-corrected chi connectivity index (χ1v) is 9.51. The molecular weight excluding hydrogens is 344 g/mol. The second-order valence-electron chi connectivity index (χ2n) is 6.01. The minimum atomic E-state index is -0.249. The molecule has 134 valence electrons. The Hall–Kier alpha value is -2.53. The summed E-state index contributed by atoms with van der Waals surface area (Å²) in [7, 11) is 0. The van der Waals surface area contributed by atoms with Crippen LogP contribution in [0.15, 0.2) is 59.6 Å². The van der Waals surface area contributed by atoms with Crippen molar-refractivity contribution in [1.29, 1.82) is 0 Å². The van der Waals surface area contributed by atoms with Crippen LogP contribution in [-0.4, -0.2) is 22.7 Å². The van der Waals surface area contributed by atoms with Gasteiger partial charge in [-0.3, -0.25) is 4.79 Å². The van der Waals surface area contributed by atoms with Crippen LogP contribution in [0.25, 0.3) is 10.9 Å². The number of aryl methyl sites for hydroxylation is 1. The van der Waals surface area contributed by atoms with E-state index in [0.717, 1.165) is 32.9 Å². The van der Waals surface area contributed by atoms with Crippen LogP contribution in [0.3, 0.4) is 0 Å². The smallest absolute Gasteiger partial charge is 0.237 e. The van der Waals surface area contributed by atoms with Crippen LogP contribution in [0.5, 0.6) is 5.75 Å². The van der Waals surface area contributed by atoms with Gasteiger partial charge in [0.25, 0.3) is 0 Å². The lowest BCUT2D eigenvalue weighted by molar-refractivity contribution is -0.115. The topological polar surface area (TPSA) is 51.2 Å². The Morgan fingerprint density at radius 1 is 1.19 bits per heavy atom. The fraction of sp³-hybridized carbons (Fsp3) is 0.238. The number of hydrogen-bond acceptors (Lipinski definition) is 4. The van der Waals surface area contributed by atoms with Crippen LogP contribution in [0.1, 0.15) is 19.4 Å². The third-order valence-electron chi connectivity index (χ3n) is 3.94. The number of anilines is 1. The molecule has 1 heterocycles. The van der Waals surface area contributed by atoms with E-state index in [2.05, 4.69) is 11.4 Å². The molecule has 0 fully saturated rings. The maximum absolute atomic E-state index is 12.4. The molecule has 5 heteroatoms. The molecule has 1 amide bonds. The number of nitrogens with one attached hydrogen (secondary N) is 1. The van der Waals surface area contributed by atoms with Gasteiger partial charge < -0.3 is 10.1 Å². The lowest BCUT2D eigenvalue weighted by Gasteiger charge is -2.14. The summed E-state index contributed by atoms with van der Waals surface area (Å²) < 4.78 is 5.55. The summed E-state index contributed by atoms with van der Waals surface area (Å²) in [4.78, 5) is 17.2. The zero-order chi connectivity index (χ0) is 18.5. The third kappa shape index (κ3) is 4.35. The number of nitrogens with zero attached hydrogens (tertiary/aromatic N) is 1. The van der Waals surface area contributed by atoms with E-state index >= 15 is 0 Å². The minimum absolute atomic E-state index is 0.0332. The van der Waals surface area contributed by atoms with E-state index in [1.807, 2.05) is 69.3 Å². The number of ether oxygens (including phenoxy) is 1. The fourth-order valence-electron chi connectivity index (χ4n) is 2.60. The van der Waals surface area contributed by atoms with Crippen molar-refractivity contribution in [2.24, 2.45) is 0 Å². The molecular formula is C21H22N2O2S. The number of fused-ring (bicyclic) bond motifs is 1. The molecule has 0 aliphatic rings. The number of amides is 1. The predicted octanol–water partition coefficient (Wildman–Crippen LogP) is 5.06. The molecule has 2 aromatic carbocycles. The van der Waals surface area contributed by atoms with Crippen LogP contribution in [0.4, 0.5) is 5.69 Å². The number of rotatable bonds is 6. The molecule has 0 saturated carbocycles. The largest absolute Gasteiger partial charge is 0.494 e. The Kier molecular flexibility index (Phi) is 5.78. The number of hydrogen-bond donors (Lipinski definition) is 1. The number of aromatic nitrogens is 1. The molecule has 1 N–H and O–H groups in total. The summed E-state index contributed by atoms with van der Waals surface area (Å²) in [6.07, 6.45) is 0. The highest BCUT2D eigenvalue weighted by Gasteiger charge is 2.17. The van der Waals surface area contributed by atoms with Crippen LogP contribution < -0.4 is 10.1 Å². The molecule has 0 spiro atoms. The van der Waals surface area contributed by atoms with Gasteiger partial charge in [-0.2, -0.15) is 0 Å². The quantitative estimate of drug-likeness (QED) is 0.620. The van der Waals surface area contributed by atoms with Gasteiger partial charge in [0.2, 0.25) is 5.91 Å². The molecule has 4 nitrogen and oxygen atoms in total. The van der Waals surface area contributed by atoms with E-state index in [1.54, 1.807) is 0 Å². The van der Waals surface area contributed by atoms with E-state index in [0.29, 0.717) is 6.61 Å². The molecule has 1 atom stereocenters. The first kappa shape index (κ1) is 18.3. The van der Waals surface area contributed by atoms with Gasteiger partial charge >= 0.3 is 0 Å². The van der Waals surface area contributed by atoms with Gasteiger partial charge in [-0.05, 0) is 62.7 Å². The lowest BCUT2D eigenvalue weighted by Crippen LogP contribution is -2.22. The Balaban J connectivity index is 1.76. The number of carbonyl (C=O) groups excluding carboxylic acids is 1. The van der Waals surface area contributed by atoms with Gasteiger partial charge in [0, 0.05) is 11.1 Å². The monoisotopic (exact) mass is 366 g/mol. The standard InChI is InChI=1S/C21H22N2O2S/c1-4-25-18-10-11-19-16(13-18)12-14(2)21(23-19)26-15(3)20(24)22-17-8-6-5-7-9-17/h5-13,15H,4H2,1-3H3,(H,22,24)/t15-/m0/s1. The van der Waals surface area contributed by atoms with Gasteiger partial charge in [0.05, 0.1) is 17.4 Å². The van der Waals surface area contributed by atoms with Gasteiger partial charge in [-0.25, -0.2) is 4.98 Å². The summed E-state index contributed by atoms with van der Waals surface area (Å²) in [6.45, 7) is 6.52. The van der Waals surface area contributed by atoms with Gasteiger partial charge in [-0.1, -0.05) is 30.0 Å². The van der Waals surface area contributed by atoms with Crippen molar-refractivity contribution in [2.45, 2.75) is 31.0 Å². The van der Waals surface area contributed by atoms with Gasteiger partial charge in [0.15, 0.2) is 0 Å². The van der Waals surface area contributed by atoms with E-state index in [9.17, 15) is 4.79 Å². The van der Waals surface area contributed by atoms with Crippen molar-refractivity contribution in [3.8, 4) is 5.75 Å². The van der Waals surface area contributed by atoms with Crippen LogP contribution in [0.2, 0.25) is 0 Å². The van der Waals surface area contributed by atoms with E-state index in [4.69, 9.17) is 9.72 Å². The third-order valence-corrected chi connectivity index (χ3v) is 5.14. The maximum Gasteiger partial charge on any atom is 0.237 e. The zero-order valence-electron chi connectivity index (χ0n) is 15.2. The Morgan fingerprint density at radius 2 is 1.96 bits per heavy atom. The Labute approximate surface area is 158 Å². The van der Waals surface area contributed by atoms with Crippen LogP contribution in [-0.2, 0) is 4.79 Å².